The molecule has 0 radical (unpaired) electrons. The molecule has 1 aliphatic carbocycles. The second-order valence-corrected chi connectivity index (χ2v) is 5.93. The molecular weight excluding hydrogens is 194 g/mol. The van der Waals surface area contributed by atoms with Gasteiger partial charge in [-0.15, -0.1) is 0 Å². The van der Waals surface area contributed by atoms with Crippen LogP contribution in [-0.4, -0.2) is 40.9 Å². The Bertz CT molecular complexity index is 321. The lowest BCUT2D eigenvalue weighted by molar-refractivity contribution is -0.00907. The van der Waals surface area contributed by atoms with Gasteiger partial charge in [0.25, 0.3) is 0 Å². The number of hydrogen-bond acceptors (Lipinski definition) is 3. The van der Waals surface area contributed by atoms with Gasteiger partial charge in [-0.1, -0.05) is 0 Å². The van der Waals surface area contributed by atoms with E-state index in [1.54, 1.807) is 4.90 Å². The maximum absolute atomic E-state index is 11.6. The third-order valence-corrected chi connectivity index (χ3v) is 3.43. The number of epoxide rings is 1. The first-order valence-electron chi connectivity index (χ1n) is 5.54. The Labute approximate surface area is 89.5 Å². The summed E-state index contributed by atoms with van der Waals surface area (Å²) < 4.78 is 11.0. The van der Waals surface area contributed by atoms with Crippen molar-refractivity contribution in [2.45, 2.75) is 50.4 Å². The Hall–Kier alpha value is -0.770. The molecule has 2 saturated heterocycles. The van der Waals surface area contributed by atoms with Crippen molar-refractivity contribution in [1.82, 2.24) is 4.90 Å². The summed E-state index contributed by atoms with van der Waals surface area (Å²) in [5.74, 6) is 0. The molecule has 3 aliphatic rings. The lowest BCUT2D eigenvalue weighted by atomic mass is 9.95. The Balaban J connectivity index is 1.53. The minimum absolute atomic E-state index is 0.0317. The summed E-state index contributed by atoms with van der Waals surface area (Å²) in [5, 5.41) is 0. The molecule has 3 fully saturated rings. The van der Waals surface area contributed by atoms with Gasteiger partial charge in [-0.3, -0.25) is 0 Å². The third kappa shape index (κ3) is 1.27. The van der Waals surface area contributed by atoms with Gasteiger partial charge in [0.2, 0.25) is 0 Å². The highest BCUT2D eigenvalue weighted by molar-refractivity contribution is 5.70. The van der Waals surface area contributed by atoms with Crippen LogP contribution in [0.5, 0.6) is 0 Å². The molecule has 1 saturated carbocycles. The van der Waals surface area contributed by atoms with E-state index < -0.39 is 5.60 Å². The summed E-state index contributed by atoms with van der Waals surface area (Å²) in [6.45, 7) is 7.10. The van der Waals surface area contributed by atoms with Gasteiger partial charge >= 0.3 is 6.09 Å². The van der Waals surface area contributed by atoms with Gasteiger partial charge in [-0.05, 0) is 33.6 Å². The molecule has 1 amide bonds. The molecule has 0 aromatic heterocycles. The number of fused-ring (bicyclic) bond motifs is 1. The first kappa shape index (κ1) is 9.46. The van der Waals surface area contributed by atoms with Crippen molar-refractivity contribution in [2.75, 3.05) is 13.1 Å². The molecule has 0 aromatic rings. The molecule has 15 heavy (non-hydrogen) atoms. The normalized spacial score (nSPS) is 28.9. The summed E-state index contributed by atoms with van der Waals surface area (Å²) in [7, 11) is 0. The summed E-state index contributed by atoms with van der Waals surface area (Å²) in [6, 6.07) is 0. The lowest BCUT2D eigenvalue weighted by Gasteiger charge is -2.38. The fraction of sp³-hybridized carbons (Fsp3) is 0.909. The molecule has 2 aliphatic heterocycles. The molecule has 4 nitrogen and oxygen atoms in total. The molecule has 3 rings (SSSR count). The van der Waals surface area contributed by atoms with E-state index in [0.717, 1.165) is 13.1 Å². The Kier molecular flexibility index (Phi) is 1.46. The Morgan fingerprint density at radius 2 is 1.87 bits per heavy atom. The van der Waals surface area contributed by atoms with Gasteiger partial charge in [-0.2, -0.15) is 0 Å². The van der Waals surface area contributed by atoms with Gasteiger partial charge in [0.05, 0.1) is 13.1 Å². The number of likely N-dealkylation sites (tertiary alicyclic amines) is 1. The van der Waals surface area contributed by atoms with Crippen LogP contribution >= 0.6 is 0 Å². The second kappa shape index (κ2) is 2.32. The zero-order chi connectivity index (χ0) is 10.9. The van der Waals surface area contributed by atoms with Crippen LogP contribution in [0.4, 0.5) is 4.79 Å². The third-order valence-electron chi connectivity index (χ3n) is 3.43. The van der Waals surface area contributed by atoms with Crippen molar-refractivity contribution in [1.29, 1.82) is 0 Å². The number of amides is 1. The fourth-order valence-electron chi connectivity index (χ4n) is 2.40. The zero-order valence-corrected chi connectivity index (χ0v) is 9.50. The monoisotopic (exact) mass is 211 g/mol. The van der Waals surface area contributed by atoms with Crippen molar-refractivity contribution in [3.63, 3.8) is 0 Å². The van der Waals surface area contributed by atoms with E-state index in [9.17, 15) is 4.79 Å². The van der Waals surface area contributed by atoms with E-state index in [0.29, 0.717) is 0 Å². The van der Waals surface area contributed by atoms with E-state index in [1.165, 1.54) is 12.8 Å². The molecule has 2 spiro atoms. The van der Waals surface area contributed by atoms with E-state index in [1.807, 2.05) is 20.8 Å². The van der Waals surface area contributed by atoms with Crippen molar-refractivity contribution in [3.8, 4) is 0 Å². The molecule has 4 heteroatoms. The second-order valence-electron chi connectivity index (χ2n) is 5.93. The number of carbonyl (C=O) groups excluding carboxylic acids is 1. The van der Waals surface area contributed by atoms with E-state index in [2.05, 4.69) is 0 Å². The Morgan fingerprint density at radius 1 is 1.27 bits per heavy atom. The molecule has 0 unspecified atom stereocenters. The van der Waals surface area contributed by atoms with Crippen LogP contribution in [0.1, 0.15) is 33.6 Å². The van der Waals surface area contributed by atoms with Crippen molar-refractivity contribution < 1.29 is 14.3 Å². The standard InChI is InChI=1S/C11H17NO3/c1-9(2,3)14-8(13)12-6-11(7-12)10(15-11)4-5-10/h4-7H2,1-3H3. The summed E-state index contributed by atoms with van der Waals surface area (Å²) >= 11 is 0. The van der Waals surface area contributed by atoms with Crippen LogP contribution in [0.3, 0.4) is 0 Å². The lowest BCUT2D eigenvalue weighted by Crippen LogP contribution is -2.58. The van der Waals surface area contributed by atoms with Crippen molar-refractivity contribution in [3.05, 3.63) is 0 Å². The summed E-state index contributed by atoms with van der Waals surface area (Å²) in [4.78, 5) is 13.4. The fourth-order valence-corrected chi connectivity index (χ4v) is 2.40. The smallest absolute Gasteiger partial charge is 0.410 e. The number of rotatable bonds is 0. The van der Waals surface area contributed by atoms with Gasteiger partial charge in [0, 0.05) is 0 Å². The molecular formula is C11H17NO3. The average molecular weight is 211 g/mol. The van der Waals surface area contributed by atoms with E-state index in [-0.39, 0.29) is 17.3 Å². The maximum Gasteiger partial charge on any atom is 0.410 e. The van der Waals surface area contributed by atoms with Gasteiger partial charge in [-0.25, -0.2) is 4.79 Å². The minimum atomic E-state index is -0.401. The SMILES string of the molecule is CC(C)(C)OC(=O)N1CC2(C1)OC21CC1. The van der Waals surface area contributed by atoms with Crippen molar-refractivity contribution in [2.24, 2.45) is 0 Å². The summed E-state index contributed by atoms with van der Waals surface area (Å²) in [6.07, 6.45) is 2.14. The van der Waals surface area contributed by atoms with E-state index in [4.69, 9.17) is 9.47 Å². The largest absolute Gasteiger partial charge is 0.444 e. The summed E-state index contributed by atoms with van der Waals surface area (Å²) in [5.41, 5.74) is -0.184. The highest BCUT2D eigenvalue weighted by atomic mass is 16.7. The van der Waals surface area contributed by atoms with E-state index >= 15 is 0 Å². The predicted molar refractivity (Wildman–Crippen MR) is 53.6 cm³/mol. The molecule has 0 atom stereocenters. The van der Waals surface area contributed by atoms with Crippen LogP contribution in [-0.2, 0) is 9.47 Å². The van der Waals surface area contributed by atoms with Crippen LogP contribution in [0, 0.1) is 0 Å². The maximum atomic E-state index is 11.6. The highest BCUT2D eigenvalue weighted by Gasteiger charge is 2.81. The first-order valence-corrected chi connectivity index (χ1v) is 5.54. The number of carbonyl (C=O) groups is 1. The van der Waals surface area contributed by atoms with Gasteiger partial charge in [0.15, 0.2) is 0 Å². The molecule has 2 heterocycles. The average Bonchev–Trinajstić information content (AvgIpc) is 2.84. The quantitative estimate of drug-likeness (QED) is 0.571. The Morgan fingerprint density at radius 3 is 2.27 bits per heavy atom. The van der Waals surface area contributed by atoms with Crippen LogP contribution < -0.4 is 0 Å². The zero-order valence-electron chi connectivity index (χ0n) is 9.50. The number of hydrogen-bond donors (Lipinski definition) is 0. The molecule has 0 bridgehead atoms. The predicted octanol–water partition coefficient (Wildman–Crippen LogP) is 1.54. The van der Waals surface area contributed by atoms with Gasteiger partial charge < -0.3 is 14.4 Å². The van der Waals surface area contributed by atoms with Crippen LogP contribution in [0.2, 0.25) is 0 Å². The highest BCUT2D eigenvalue weighted by Crippen LogP contribution is 2.67. The van der Waals surface area contributed by atoms with Crippen LogP contribution in [0.15, 0.2) is 0 Å². The van der Waals surface area contributed by atoms with Crippen LogP contribution in [0.25, 0.3) is 0 Å². The molecule has 0 N–H and O–H groups in total. The molecule has 0 aromatic carbocycles. The first-order chi connectivity index (χ1) is 6.86. The number of nitrogens with zero attached hydrogens (tertiary/aromatic N) is 1. The van der Waals surface area contributed by atoms with Gasteiger partial charge in [0.1, 0.15) is 16.8 Å². The molecule has 84 valence electrons. The van der Waals surface area contributed by atoms with Crippen molar-refractivity contribution >= 4 is 6.09 Å². The minimum Gasteiger partial charge on any atom is -0.444 e. The number of ether oxygens (including phenoxy) is 2. The topological polar surface area (TPSA) is 42.1 Å².